The fraction of sp³-hybridized carbons (Fsp3) is 0.500. The molecule has 0 saturated carbocycles. The van der Waals surface area contributed by atoms with Gasteiger partial charge < -0.3 is 10.2 Å². The molecule has 0 amide bonds. The van der Waals surface area contributed by atoms with Crippen molar-refractivity contribution in [2.45, 2.75) is 32.5 Å². The van der Waals surface area contributed by atoms with Crippen LogP contribution >= 0.6 is 0 Å². The van der Waals surface area contributed by atoms with Gasteiger partial charge in [0.15, 0.2) is 0 Å². The van der Waals surface area contributed by atoms with Gasteiger partial charge in [0.05, 0.1) is 12.7 Å². The third-order valence-corrected chi connectivity index (χ3v) is 4.55. The third-order valence-electron chi connectivity index (χ3n) is 4.55. The van der Waals surface area contributed by atoms with Crippen molar-refractivity contribution in [2.75, 3.05) is 20.1 Å². The zero-order valence-electron chi connectivity index (χ0n) is 13.6. The molecule has 0 spiro atoms. The highest BCUT2D eigenvalue weighted by atomic mass is 15.3. The number of hydrogen-bond donors (Lipinski definition) is 1. The quantitative estimate of drug-likeness (QED) is 0.920. The highest BCUT2D eigenvalue weighted by Crippen LogP contribution is 2.16. The van der Waals surface area contributed by atoms with Crippen LogP contribution in [-0.2, 0) is 13.1 Å². The third kappa shape index (κ3) is 3.96. The summed E-state index contributed by atoms with van der Waals surface area (Å²) in [6, 6.07) is 11.1. The van der Waals surface area contributed by atoms with E-state index in [0.29, 0.717) is 12.0 Å². The number of rotatable bonds is 5. The Morgan fingerprint density at radius 2 is 2.05 bits per heavy atom. The summed E-state index contributed by atoms with van der Waals surface area (Å²) in [6.07, 6.45) is 5.37. The Kier molecular flexibility index (Phi) is 4.90. The van der Waals surface area contributed by atoms with Crippen LogP contribution in [0.1, 0.15) is 24.5 Å². The van der Waals surface area contributed by atoms with Gasteiger partial charge in [0.1, 0.15) is 0 Å². The van der Waals surface area contributed by atoms with Crippen molar-refractivity contribution in [3.63, 3.8) is 0 Å². The van der Waals surface area contributed by atoms with Gasteiger partial charge in [0, 0.05) is 30.9 Å². The van der Waals surface area contributed by atoms with Crippen molar-refractivity contribution >= 4 is 0 Å². The molecule has 1 aliphatic rings. The number of piperidine rings is 1. The second kappa shape index (κ2) is 7.07. The second-order valence-corrected chi connectivity index (χ2v) is 6.55. The van der Waals surface area contributed by atoms with Crippen LogP contribution in [0.4, 0.5) is 0 Å². The minimum atomic E-state index is 0.619. The minimum Gasteiger partial charge on any atom is -0.309 e. The number of nitrogens with one attached hydrogen (secondary N) is 1. The molecule has 0 bridgehead atoms. The van der Waals surface area contributed by atoms with Crippen molar-refractivity contribution in [1.29, 1.82) is 0 Å². The second-order valence-electron chi connectivity index (χ2n) is 6.55. The van der Waals surface area contributed by atoms with Gasteiger partial charge in [-0.15, -0.1) is 0 Å². The monoisotopic (exact) mass is 298 g/mol. The molecule has 1 saturated heterocycles. The summed E-state index contributed by atoms with van der Waals surface area (Å²) >= 11 is 0. The fourth-order valence-electron chi connectivity index (χ4n) is 3.26. The maximum atomic E-state index is 4.47. The molecule has 4 nitrogen and oxygen atoms in total. The molecule has 2 unspecified atom stereocenters. The van der Waals surface area contributed by atoms with Crippen molar-refractivity contribution in [1.82, 2.24) is 20.0 Å². The van der Waals surface area contributed by atoms with E-state index in [1.165, 1.54) is 30.6 Å². The minimum absolute atomic E-state index is 0.619. The first-order valence-electron chi connectivity index (χ1n) is 8.18. The average Bonchev–Trinajstić information content (AvgIpc) is 2.95. The maximum Gasteiger partial charge on any atom is 0.0659 e. The molecule has 118 valence electrons. The lowest BCUT2D eigenvalue weighted by molar-refractivity contribution is 0.174. The number of likely N-dealkylation sites (tertiary alicyclic amines) is 1. The standard InChI is InChI=1S/C18H26N4/c1-15-12-21(2)9-8-18(15)19-10-17-11-20-22(14-17)13-16-6-4-3-5-7-16/h3-7,11,14-15,18-19H,8-10,12-13H2,1-2H3. The van der Waals surface area contributed by atoms with Gasteiger partial charge >= 0.3 is 0 Å². The lowest BCUT2D eigenvalue weighted by Gasteiger charge is -2.35. The first kappa shape index (κ1) is 15.3. The Morgan fingerprint density at radius 3 is 2.82 bits per heavy atom. The average molecular weight is 298 g/mol. The molecule has 0 radical (unpaired) electrons. The molecule has 0 aliphatic carbocycles. The summed E-state index contributed by atoms with van der Waals surface area (Å²) in [7, 11) is 2.21. The topological polar surface area (TPSA) is 33.1 Å². The summed E-state index contributed by atoms with van der Waals surface area (Å²) in [4.78, 5) is 2.42. The summed E-state index contributed by atoms with van der Waals surface area (Å²) < 4.78 is 2.02. The lowest BCUT2D eigenvalue weighted by Crippen LogP contribution is -2.46. The van der Waals surface area contributed by atoms with Gasteiger partial charge in [0.2, 0.25) is 0 Å². The first-order chi connectivity index (χ1) is 10.7. The molecule has 2 aromatic rings. The molecule has 2 atom stereocenters. The molecule has 22 heavy (non-hydrogen) atoms. The molecular weight excluding hydrogens is 272 g/mol. The first-order valence-corrected chi connectivity index (χ1v) is 8.18. The summed E-state index contributed by atoms with van der Waals surface area (Å²) in [5, 5.41) is 8.18. The smallest absolute Gasteiger partial charge is 0.0659 e. The Balaban J connectivity index is 1.51. The van der Waals surface area contributed by atoms with E-state index in [4.69, 9.17) is 0 Å². The Bertz CT molecular complexity index is 578. The van der Waals surface area contributed by atoms with Crippen LogP contribution in [0.5, 0.6) is 0 Å². The fourth-order valence-corrected chi connectivity index (χ4v) is 3.26. The SMILES string of the molecule is CC1CN(C)CCC1NCc1cnn(Cc2ccccc2)c1. The van der Waals surface area contributed by atoms with E-state index in [2.05, 4.69) is 59.7 Å². The molecule has 1 fully saturated rings. The summed E-state index contributed by atoms with van der Waals surface area (Å²) in [6.45, 7) is 6.46. The largest absolute Gasteiger partial charge is 0.309 e. The van der Waals surface area contributed by atoms with Crippen LogP contribution in [0.25, 0.3) is 0 Å². The molecule has 1 aliphatic heterocycles. The maximum absolute atomic E-state index is 4.47. The normalized spacial score (nSPS) is 22.8. The van der Waals surface area contributed by atoms with Gasteiger partial charge in [-0.25, -0.2) is 0 Å². The highest BCUT2D eigenvalue weighted by Gasteiger charge is 2.23. The predicted molar refractivity (Wildman–Crippen MR) is 89.7 cm³/mol. The molecule has 4 heteroatoms. The van der Waals surface area contributed by atoms with E-state index >= 15 is 0 Å². The predicted octanol–water partition coefficient (Wildman–Crippen LogP) is 2.36. The Morgan fingerprint density at radius 1 is 1.23 bits per heavy atom. The van der Waals surface area contributed by atoms with E-state index in [1.54, 1.807) is 0 Å². The lowest BCUT2D eigenvalue weighted by atomic mass is 9.94. The van der Waals surface area contributed by atoms with Gasteiger partial charge in [0.25, 0.3) is 0 Å². The number of hydrogen-bond acceptors (Lipinski definition) is 3. The highest BCUT2D eigenvalue weighted by molar-refractivity contribution is 5.15. The van der Waals surface area contributed by atoms with Crippen LogP contribution in [0.2, 0.25) is 0 Å². The Hall–Kier alpha value is -1.65. The van der Waals surface area contributed by atoms with Crippen molar-refractivity contribution in [2.24, 2.45) is 5.92 Å². The number of aromatic nitrogens is 2. The van der Waals surface area contributed by atoms with Gasteiger partial charge in [-0.3, -0.25) is 4.68 Å². The van der Waals surface area contributed by atoms with E-state index in [-0.39, 0.29) is 0 Å². The van der Waals surface area contributed by atoms with Gasteiger partial charge in [-0.1, -0.05) is 37.3 Å². The number of nitrogens with zero attached hydrogens (tertiary/aromatic N) is 3. The molecule has 2 heterocycles. The summed E-state index contributed by atoms with van der Waals surface area (Å²) in [5.41, 5.74) is 2.55. The van der Waals surface area contributed by atoms with Crippen LogP contribution in [0.15, 0.2) is 42.7 Å². The van der Waals surface area contributed by atoms with Crippen LogP contribution in [0, 0.1) is 5.92 Å². The van der Waals surface area contributed by atoms with Crippen molar-refractivity contribution in [3.8, 4) is 0 Å². The molecular formula is C18H26N4. The number of benzene rings is 1. The summed E-state index contributed by atoms with van der Waals surface area (Å²) in [5.74, 6) is 0.707. The van der Waals surface area contributed by atoms with Crippen molar-refractivity contribution in [3.05, 3.63) is 53.9 Å². The molecule has 1 aromatic carbocycles. The zero-order valence-corrected chi connectivity index (χ0v) is 13.6. The van der Waals surface area contributed by atoms with Crippen LogP contribution in [-0.4, -0.2) is 40.9 Å². The van der Waals surface area contributed by atoms with E-state index < -0.39 is 0 Å². The zero-order chi connectivity index (χ0) is 15.4. The molecule has 3 rings (SSSR count). The van der Waals surface area contributed by atoms with Crippen LogP contribution < -0.4 is 5.32 Å². The molecule has 1 aromatic heterocycles. The van der Waals surface area contributed by atoms with Gasteiger partial charge in [-0.2, -0.15) is 5.10 Å². The molecule has 1 N–H and O–H groups in total. The van der Waals surface area contributed by atoms with E-state index in [0.717, 1.165) is 13.1 Å². The van der Waals surface area contributed by atoms with E-state index in [1.807, 2.05) is 16.9 Å². The van der Waals surface area contributed by atoms with Gasteiger partial charge in [-0.05, 0) is 31.5 Å². The van der Waals surface area contributed by atoms with E-state index in [9.17, 15) is 0 Å². The van der Waals surface area contributed by atoms with Crippen molar-refractivity contribution < 1.29 is 0 Å². The Labute approximate surface area is 133 Å². The van der Waals surface area contributed by atoms with Crippen LogP contribution in [0.3, 0.4) is 0 Å².